The highest BCUT2D eigenvalue weighted by atomic mass is 16.5. The summed E-state index contributed by atoms with van der Waals surface area (Å²) in [6, 6.07) is -0.285. The number of ether oxygens (including phenoxy) is 1. The molecule has 19 heavy (non-hydrogen) atoms. The van der Waals surface area contributed by atoms with Crippen LogP contribution in [0, 0.1) is 0 Å². The van der Waals surface area contributed by atoms with Gasteiger partial charge in [0.1, 0.15) is 0 Å². The number of carbonyl (C=O) groups is 1. The summed E-state index contributed by atoms with van der Waals surface area (Å²) >= 11 is 0. The third-order valence-corrected chi connectivity index (χ3v) is 3.14. The Balaban J connectivity index is 2.37. The van der Waals surface area contributed by atoms with E-state index in [9.17, 15) is 9.90 Å². The monoisotopic (exact) mass is 273 g/mol. The smallest absolute Gasteiger partial charge is 0.239 e. The van der Waals surface area contributed by atoms with Gasteiger partial charge in [0, 0.05) is 26.2 Å². The van der Waals surface area contributed by atoms with E-state index < -0.39 is 5.60 Å². The molecule has 1 saturated heterocycles. The van der Waals surface area contributed by atoms with Crippen molar-refractivity contribution < 1.29 is 14.6 Å². The van der Waals surface area contributed by atoms with Gasteiger partial charge in [-0.2, -0.15) is 0 Å². The quantitative estimate of drug-likeness (QED) is 0.659. The van der Waals surface area contributed by atoms with Crippen LogP contribution < -0.4 is 5.32 Å². The number of likely N-dealkylation sites (N-methyl/N-ethyl adjacent to an activating group) is 1. The second kappa shape index (κ2) is 7.19. The van der Waals surface area contributed by atoms with Gasteiger partial charge >= 0.3 is 0 Å². The lowest BCUT2D eigenvalue weighted by Crippen LogP contribution is -2.53. The second-order valence-electron chi connectivity index (χ2n) is 5.77. The number of nitrogens with one attached hydrogen (secondary N) is 1. The molecule has 0 aromatic heterocycles. The van der Waals surface area contributed by atoms with E-state index in [2.05, 4.69) is 5.32 Å². The molecule has 2 N–H and O–H groups in total. The van der Waals surface area contributed by atoms with Crippen LogP contribution in [-0.4, -0.2) is 85.9 Å². The molecule has 2 atom stereocenters. The average molecular weight is 273 g/mol. The van der Waals surface area contributed by atoms with Crippen molar-refractivity contribution in [2.75, 3.05) is 53.5 Å². The third kappa shape index (κ3) is 5.86. The molecular weight excluding hydrogens is 246 g/mol. The SMILES string of the molecule is CC(NCC(C)(O)CN(C)C)C(=O)N1CCOCC1. The van der Waals surface area contributed by atoms with Crippen molar-refractivity contribution in [1.82, 2.24) is 15.1 Å². The minimum Gasteiger partial charge on any atom is -0.388 e. The van der Waals surface area contributed by atoms with Gasteiger partial charge in [0.25, 0.3) is 0 Å². The Morgan fingerprint density at radius 2 is 2.05 bits per heavy atom. The zero-order chi connectivity index (χ0) is 14.5. The van der Waals surface area contributed by atoms with Gasteiger partial charge in [0.05, 0.1) is 24.9 Å². The molecule has 6 nitrogen and oxygen atoms in total. The fraction of sp³-hybridized carbons (Fsp3) is 0.923. The Morgan fingerprint density at radius 1 is 1.47 bits per heavy atom. The van der Waals surface area contributed by atoms with Crippen LogP contribution in [0.2, 0.25) is 0 Å². The number of hydrogen-bond donors (Lipinski definition) is 2. The first-order valence-electron chi connectivity index (χ1n) is 6.79. The molecule has 0 bridgehead atoms. The molecule has 0 saturated carbocycles. The molecule has 0 aromatic carbocycles. The van der Waals surface area contributed by atoms with Crippen molar-refractivity contribution in [3.05, 3.63) is 0 Å². The van der Waals surface area contributed by atoms with E-state index in [0.29, 0.717) is 39.4 Å². The molecule has 2 unspecified atom stereocenters. The summed E-state index contributed by atoms with van der Waals surface area (Å²) < 4.78 is 5.23. The van der Waals surface area contributed by atoms with Crippen molar-refractivity contribution in [2.45, 2.75) is 25.5 Å². The second-order valence-corrected chi connectivity index (χ2v) is 5.77. The topological polar surface area (TPSA) is 65.0 Å². The number of amides is 1. The summed E-state index contributed by atoms with van der Waals surface area (Å²) in [5.41, 5.74) is -0.844. The lowest BCUT2D eigenvalue weighted by atomic mass is 10.1. The van der Waals surface area contributed by atoms with E-state index in [1.54, 1.807) is 6.92 Å². The van der Waals surface area contributed by atoms with Crippen LogP contribution in [0.15, 0.2) is 0 Å². The lowest BCUT2D eigenvalue weighted by Gasteiger charge is -2.32. The van der Waals surface area contributed by atoms with Crippen molar-refractivity contribution in [3.63, 3.8) is 0 Å². The molecular formula is C13H27N3O3. The van der Waals surface area contributed by atoms with Crippen molar-refractivity contribution in [3.8, 4) is 0 Å². The van der Waals surface area contributed by atoms with E-state index in [1.165, 1.54) is 0 Å². The molecule has 0 radical (unpaired) electrons. The van der Waals surface area contributed by atoms with Crippen LogP contribution in [0.4, 0.5) is 0 Å². The predicted molar refractivity (Wildman–Crippen MR) is 74.0 cm³/mol. The molecule has 0 aromatic rings. The number of nitrogens with zero attached hydrogens (tertiary/aromatic N) is 2. The number of morpholine rings is 1. The fourth-order valence-corrected chi connectivity index (χ4v) is 2.26. The Labute approximate surface area is 115 Å². The standard InChI is InChI=1S/C13H27N3O3/c1-11(12(17)16-5-7-19-8-6-16)14-9-13(2,18)10-15(3)4/h11,14,18H,5-10H2,1-4H3. The zero-order valence-electron chi connectivity index (χ0n) is 12.5. The van der Waals surface area contributed by atoms with Gasteiger partial charge in [0.2, 0.25) is 5.91 Å². The van der Waals surface area contributed by atoms with E-state index >= 15 is 0 Å². The third-order valence-electron chi connectivity index (χ3n) is 3.14. The Bertz CT molecular complexity index is 289. The van der Waals surface area contributed by atoms with Gasteiger partial charge < -0.3 is 25.0 Å². The Kier molecular flexibility index (Phi) is 6.19. The molecule has 1 amide bonds. The van der Waals surface area contributed by atoms with Gasteiger partial charge in [-0.25, -0.2) is 0 Å². The van der Waals surface area contributed by atoms with Gasteiger partial charge in [-0.15, -0.1) is 0 Å². The molecule has 6 heteroatoms. The fourth-order valence-electron chi connectivity index (χ4n) is 2.26. The Morgan fingerprint density at radius 3 is 2.58 bits per heavy atom. The summed E-state index contributed by atoms with van der Waals surface area (Å²) in [4.78, 5) is 15.9. The summed E-state index contributed by atoms with van der Waals surface area (Å²) in [5.74, 6) is 0.0731. The van der Waals surface area contributed by atoms with E-state index in [1.807, 2.05) is 30.8 Å². The van der Waals surface area contributed by atoms with Crippen molar-refractivity contribution >= 4 is 5.91 Å². The highest BCUT2D eigenvalue weighted by Gasteiger charge is 2.26. The molecule has 1 aliphatic rings. The van der Waals surface area contributed by atoms with E-state index in [4.69, 9.17) is 4.74 Å². The largest absolute Gasteiger partial charge is 0.388 e. The molecule has 1 fully saturated rings. The van der Waals surface area contributed by atoms with Crippen LogP contribution in [0.1, 0.15) is 13.8 Å². The van der Waals surface area contributed by atoms with Crippen molar-refractivity contribution in [1.29, 1.82) is 0 Å². The molecule has 0 spiro atoms. The molecule has 112 valence electrons. The maximum absolute atomic E-state index is 12.2. The molecule has 0 aliphatic carbocycles. The molecule has 1 rings (SSSR count). The van der Waals surface area contributed by atoms with Crippen LogP contribution >= 0.6 is 0 Å². The van der Waals surface area contributed by atoms with Gasteiger partial charge in [-0.3, -0.25) is 4.79 Å². The highest BCUT2D eigenvalue weighted by Crippen LogP contribution is 2.05. The van der Waals surface area contributed by atoms with E-state index in [-0.39, 0.29) is 11.9 Å². The van der Waals surface area contributed by atoms with Crippen molar-refractivity contribution in [2.24, 2.45) is 0 Å². The van der Waals surface area contributed by atoms with E-state index in [0.717, 1.165) is 0 Å². The first kappa shape index (κ1) is 16.4. The summed E-state index contributed by atoms with van der Waals surface area (Å²) in [6.07, 6.45) is 0. The van der Waals surface area contributed by atoms with Crippen LogP contribution in [0.25, 0.3) is 0 Å². The molecule has 1 heterocycles. The number of aliphatic hydroxyl groups is 1. The van der Waals surface area contributed by atoms with Crippen LogP contribution in [0.5, 0.6) is 0 Å². The minimum atomic E-state index is -0.844. The maximum atomic E-state index is 12.2. The zero-order valence-corrected chi connectivity index (χ0v) is 12.5. The number of carbonyl (C=O) groups excluding carboxylic acids is 1. The molecule has 1 aliphatic heterocycles. The maximum Gasteiger partial charge on any atom is 0.239 e. The first-order chi connectivity index (χ1) is 8.82. The van der Waals surface area contributed by atoms with Gasteiger partial charge in [-0.05, 0) is 27.9 Å². The first-order valence-corrected chi connectivity index (χ1v) is 6.79. The average Bonchev–Trinajstić information content (AvgIpc) is 2.34. The summed E-state index contributed by atoms with van der Waals surface area (Å²) in [7, 11) is 3.83. The minimum absolute atomic E-state index is 0.0731. The Hall–Kier alpha value is -0.690. The summed E-state index contributed by atoms with van der Waals surface area (Å²) in [6.45, 7) is 7.07. The number of rotatable bonds is 6. The predicted octanol–water partition coefficient (Wildman–Crippen LogP) is -0.864. The number of hydrogen-bond acceptors (Lipinski definition) is 5. The van der Waals surface area contributed by atoms with Gasteiger partial charge in [-0.1, -0.05) is 0 Å². The highest BCUT2D eigenvalue weighted by molar-refractivity contribution is 5.81. The lowest BCUT2D eigenvalue weighted by molar-refractivity contribution is -0.137. The summed E-state index contributed by atoms with van der Waals surface area (Å²) in [5, 5.41) is 13.3. The van der Waals surface area contributed by atoms with Crippen LogP contribution in [-0.2, 0) is 9.53 Å². The van der Waals surface area contributed by atoms with Crippen LogP contribution in [0.3, 0.4) is 0 Å². The normalized spacial score (nSPS) is 21.3. The van der Waals surface area contributed by atoms with Gasteiger partial charge in [0.15, 0.2) is 0 Å².